The summed E-state index contributed by atoms with van der Waals surface area (Å²) in [6.07, 6.45) is 3.08. The normalized spacial score (nSPS) is 10.4. The van der Waals surface area contributed by atoms with Gasteiger partial charge in [0.25, 0.3) is 0 Å². The van der Waals surface area contributed by atoms with E-state index in [9.17, 15) is 4.39 Å². The van der Waals surface area contributed by atoms with Crippen molar-refractivity contribution in [2.24, 2.45) is 0 Å². The van der Waals surface area contributed by atoms with E-state index >= 15 is 0 Å². The number of rotatable bonds is 1. The Hall–Kier alpha value is -2.74. The van der Waals surface area contributed by atoms with Crippen LogP contribution in [-0.2, 0) is 0 Å². The van der Waals surface area contributed by atoms with Crippen LogP contribution in [0.15, 0.2) is 42.7 Å². The Bertz CT molecular complexity index is 770. The maximum absolute atomic E-state index is 13.2. The quantitative estimate of drug-likeness (QED) is 0.654. The summed E-state index contributed by atoms with van der Waals surface area (Å²) in [5.74, 6) is -0.329. The van der Waals surface area contributed by atoms with Crippen molar-refractivity contribution in [3.63, 3.8) is 0 Å². The Balaban J connectivity index is 2.22. The van der Waals surface area contributed by atoms with Gasteiger partial charge in [-0.3, -0.25) is 0 Å². The highest BCUT2D eigenvalue weighted by Crippen LogP contribution is 2.17. The molecule has 0 N–H and O–H groups in total. The predicted molar refractivity (Wildman–Crippen MR) is 63.5 cm³/mol. The second kappa shape index (κ2) is 3.93. The van der Waals surface area contributed by atoms with E-state index < -0.39 is 0 Å². The third kappa shape index (κ3) is 1.60. The van der Waals surface area contributed by atoms with E-state index in [-0.39, 0.29) is 5.82 Å². The van der Waals surface area contributed by atoms with Crippen molar-refractivity contribution in [1.29, 1.82) is 5.26 Å². The topological polar surface area (TPSA) is 54.5 Å². The lowest BCUT2D eigenvalue weighted by molar-refractivity contribution is 0.625. The first-order chi connectivity index (χ1) is 8.78. The number of hydrogen-bond donors (Lipinski definition) is 0. The largest absolute Gasteiger partial charge is 0.235 e. The summed E-state index contributed by atoms with van der Waals surface area (Å²) in [5, 5.41) is 13.7. The Morgan fingerprint density at radius 1 is 1.22 bits per heavy atom. The molecular weight excluding hydrogens is 231 g/mol. The van der Waals surface area contributed by atoms with Crippen molar-refractivity contribution in [3.8, 4) is 11.8 Å². The van der Waals surface area contributed by atoms with Crippen LogP contribution < -0.4 is 0 Å². The second-order valence-electron chi connectivity index (χ2n) is 3.78. The first-order valence-corrected chi connectivity index (χ1v) is 5.28. The van der Waals surface area contributed by atoms with Gasteiger partial charge in [-0.15, -0.1) is 0 Å². The van der Waals surface area contributed by atoms with E-state index in [4.69, 9.17) is 5.26 Å². The average Bonchev–Trinajstić information content (AvgIpc) is 2.81. The van der Waals surface area contributed by atoms with Gasteiger partial charge in [0.1, 0.15) is 11.9 Å². The zero-order chi connectivity index (χ0) is 12.5. The van der Waals surface area contributed by atoms with Gasteiger partial charge in [-0.25, -0.2) is 14.1 Å². The molecule has 0 unspecified atom stereocenters. The number of benzene rings is 1. The monoisotopic (exact) mass is 238 g/mol. The first-order valence-electron chi connectivity index (χ1n) is 5.28. The summed E-state index contributed by atoms with van der Waals surface area (Å²) in [4.78, 5) is 4.17. The van der Waals surface area contributed by atoms with Gasteiger partial charge in [-0.2, -0.15) is 10.4 Å². The lowest BCUT2D eigenvalue weighted by atomic mass is 10.2. The molecule has 0 amide bonds. The number of hydrogen-bond acceptors (Lipinski definition) is 3. The van der Waals surface area contributed by atoms with Crippen LogP contribution in [0.1, 0.15) is 5.56 Å². The lowest BCUT2D eigenvalue weighted by Gasteiger charge is -2.02. The van der Waals surface area contributed by atoms with Crippen LogP contribution >= 0.6 is 0 Å². The maximum atomic E-state index is 13.2. The molecule has 2 heterocycles. The zero-order valence-electron chi connectivity index (χ0n) is 9.21. The Morgan fingerprint density at radius 2 is 2.11 bits per heavy atom. The van der Waals surface area contributed by atoms with Crippen molar-refractivity contribution >= 4 is 11.0 Å². The van der Waals surface area contributed by atoms with E-state index in [0.717, 1.165) is 5.39 Å². The summed E-state index contributed by atoms with van der Waals surface area (Å²) in [6, 6.07) is 9.83. The van der Waals surface area contributed by atoms with Gasteiger partial charge in [0.2, 0.25) is 0 Å². The van der Waals surface area contributed by atoms with E-state index in [1.807, 2.05) is 6.07 Å². The van der Waals surface area contributed by atoms with Gasteiger partial charge >= 0.3 is 0 Å². The average molecular weight is 238 g/mol. The third-order valence-corrected chi connectivity index (χ3v) is 2.59. The van der Waals surface area contributed by atoms with Crippen LogP contribution in [0.3, 0.4) is 0 Å². The van der Waals surface area contributed by atoms with Crippen molar-refractivity contribution < 1.29 is 4.39 Å². The van der Waals surface area contributed by atoms with E-state index in [1.54, 1.807) is 29.1 Å². The molecule has 0 radical (unpaired) electrons. The van der Waals surface area contributed by atoms with Gasteiger partial charge < -0.3 is 0 Å². The van der Waals surface area contributed by atoms with Crippen LogP contribution in [0.25, 0.3) is 16.7 Å². The Kier molecular flexibility index (Phi) is 2.27. The molecule has 4 nitrogen and oxygen atoms in total. The molecule has 0 aliphatic carbocycles. The van der Waals surface area contributed by atoms with Gasteiger partial charge in [-0.05, 0) is 24.3 Å². The number of pyridine rings is 1. The summed E-state index contributed by atoms with van der Waals surface area (Å²) in [6.45, 7) is 0. The van der Waals surface area contributed by atoms with Crippen LogP contribution in [0.4, 0.5) is 4.39 Å². The van der Waals surface area contributed by atoms with Crippen LogP contribution in [-0.4, -0.2) is 14.8 Å². The highest BCUT2D eigenvalue weighted by atomic mass is 19.1. The zero-order valence-corrected chi connectivity index (χ0v) is 9.21. The maximum Gasteiger partial charge on any atom is 0.162 e. The summed E-state index contributed by atoms with van der Waals surface area (Å²) < 4.78 is 14.7. The minimum atomic E-state index is -0.329. The van der Waals surface area contributed by atoms with Crippen molar-refractivity contribution in [1.82, 2.24) is 14.8 Å². The predicted octanol–water partition coefficient (Wildman–Crippen LogP) is 2.43. The molecule has 0 saturated heterocycles. The highest BCUT2D eigenvalue weighted by Gasteiger charge is 2.07. The van der Waals surface area contributed by atoms with Crippen LogP contribution in [0, 0.1) is 17.1 Å². The fourth-order valence-corrected chi connectivity index (χ4v) is 1.78. The Morgan fingerprint density at radius 3 is 2.89 bits per heavy atom. The number of nitriles is 1. The fraction of sp³-hybridized carbons (Fsp3) is 0. The number of nitrogens with zero attached hydrogens (tertiary/aromatic N) is 4. The van der Waals surface area contributed by atoms with E-state index in [1.165, 1.54) is 18.3 Å². The van der Waals surface area contributed by atoms with Crippen LogP contribution in [0.2, 0.25) is 0 Å². The van der Waals surface area contributed by atoms with Gasteiger partial charge in [-0.1, -0.05) is 6.07 Å². The minimum absolute atomic E-state index is 0.329. The molecular formula is C13H7FN4. The molecule has 0 fully saturated rings. The van der Waals surface area contributed by atoms with Gasteiger partial charge in [0.15, 0.2) is 5.65 Å². The van der Waals surface area contributed by atoms with Crippen LogP contribution in [0.5, 0.6) is 0 Å². The molecule has 0 aliphatic rings. The molecule has 3 rings (SSSR count). The molecule has 2 aromatic heterocycles. The highest BCUT2D eigenvalue weighted by molar-refractivity contribution is 5.77. The number of aromatic nitrogens is 3. The molecule has 0 saturated carbocycles. The molecule has 3 aromatic rings. The van der Waals surface area contributed by atoms with E-state index in [2.05, 4.69) is 10.1 Å². The smallest absolute Gasteiger partial charge is 0.162 e. The van der Waals surface area contributed by atoms with Crippen molar-refractivity contribution in [2.75, 3.05) is 0 Å². The van der Waals surface area contributed by atoms with Crippen molar-refractivity contribution in [3.05, 3.63) is 54.1 Å². The molecule has 86 valence electrons. The summed E-state index contributed by atoms with van der Waals surface area (Å²) in [5.41, 5.74) is 1.67. The SMILES string of the molecule is N#Cc1cnc2c(cnn2-c2cccc(F)c2)c1. The number of halogens is 1. The van der Waals surface area contributed by atoms with E-state index in [0.29, 0.717) is 16.9 Å². The molecule has 0 atom stereocenters. The fourth-order valence-electron chi connectivity index (χ4n) is 1.78. The summed E-state index contributed by atoms with van der Waals surface area (Å²) in [7, 11) is 0. The first kappa shape index (κ1) is 10.4. The lowest BCUT2D eigenvalue weighted by Crippen LogP contribution is -1.97. The molecule has 1 aromatic carbocycles. The molecule has 0 bridgehead atoms. The van der Waals surface area contributed by atoms with Gasteiger partial charge in [0.05, 0.1) is 17.4 Å². The molecule has 0 aliphatic heterocycles. The van der Waals surface area contributed by atoms with Crippen molar-refractivity contribution in [2.45, 2.75) is 0 Å². The van der Waals surface area contributed by atoms with Gasteiger partial charge in [0, 0.05) is 11.6 Å². The minimum Gasteiger partial charge on any atom is -0.235 e. The Labute approximate surface area is 102 Å². The standard InChI is InChI=1S/C13H7FN4/c14-11-2-1-3-12(5-11)18-13-10(8-17-18)4-9(6-15)7-16-13/h1-5,7-8H. The second-order valence-corrected chi connectivity index (χ2v) is 3.78. The molecule has 18 heavy (non-hydrogen) atoms. The molecule has 5 heteroatoms. The number of fused-ring (bicyclic) bond motifs is 1. The molecule has 0 spiro atoms. The third-order valence-electron chi connectivity index (χ3n) is 2.59. The summed E-state index contributed by atoms with van der Waals surface area (Å²) >= 11 is 0.